The molecule has 0 radical (unpaired) electrons. The largest absolute Gasteiger partial charge is 0.508 e. The fraction of sp³-hybridized carbons (Fsp3) is 0.333. The van der Waals surface area contributed by atoms with E-state index in [1.165, 1.54) is 18.2 Å². The van der Waals surface area contributed by atoms with Crippen molar-refractivity contribution in [2.75, 3.05) is 6.54 Å². The van der Waals surface area contributed by atoms with Gasteiger partial charge in [0.25, 0.3) is 5.69 Å². The molecule has 10 heteroatoms. The highest BCUT2D eigenvalue weighted by Gasteiger charge is 2.15. The van der Waals surface area contributed by atoms with Crippen molar-refractivity contribution in [3.63, 3.8) is 0 Å². The minimum atomic E-state index is -0.853. The zero-order valence-corrected chi connectivity index (χ0v) is 18.0. The van der Waals surface area contributed by atoms with Crippen molar-refractivity contribution in [2.45, 2.75) is 39.0 Å². The average molecular weight is 452 g/mol. The van der Waals surface area contributed by atoms with E-state index < -0.39 is 6.10 Å². The second-order valence-corrected chi connectivity index (χ2v) is 7.21. The van der Waals surface area contributed by atoms with E-state index in [0.717, 1.165) is 12.0 Å². The van der Waals surface area contributed by atoms with Gasteiger partial charge in [0, 0.05) is 30.7 Å². The minimum Gasteiger partial charge on any atom is -0.508 e. The quantitative estimate of drug-likeness (QED) is 0.364. The molecule has 2 atom stereocenters. The predicted molar refractivity (Wildman–Crippen MR) is 114 cm³/mol. The molecule has 0 aliphatic carbocycles. The summed E-state index contributed by atoms with van der Waals surface area (Å²) in [4.78, 5) is 0.344. The molecule has 0 saturated heterocycles. The molecule has 3 aromatic rings. The molecule has 9 nitrogen and oxygen atoms in total. The van der Waals surface area contributed by atoms with Crippen LogP contribution in [0.1, 0.15) is 35.5 Å². The molecule has 1 heterocycles. The molecule has 0 unspecified atom stereocenters. The lowest BCUT2D eigenvalue weighted by atomic mass is 10.1. The van der Waals surface area contributed by atoms with Crippen LogP contribution in [0.15, 0.2) is 47.1 Å². The monoisotopic (exact) mass is 451 g/mol. The third-order valence-corrected chi connectivity index (χ3v) is 4.73. The average Bonchev–Trinajstić information content (AvgIpc) is 3.03. The van der Waals surface area contributed by atoms with Crippen molar-refractivity contribution in [3.8, 4) is 17.2 Å². The second-order valence-electron chi connectivity index (χ2n) is 7.21. The van der Waals surface area contributed by atoms with Crippen LogP contribution in [0.4, 0.5) is 0 Å². The number of aromatic hydroxyl groups is 2. The van der Waals surface area contributed by atoms with Crippen molar-refractivity contribution in [2.24, 2.45) is 0 Å². The summed E-state index contributed by atoms with van der Waals surface area (Å²) < 4.78 is 10.1. The fourth-order valence-electron chi connectivity index (χ4n) is 2.99. The van der Waals surface area contributed by atoms with E-state index in [1.807, 2.05) is 31.2 Å². The number of hydrogen-bond donors (Lipinski definition) is 4. The van der Waals surface area contributed by atoms with Gasteiger partial charge in [0.1, 0.15) is 17.2 Å². The summed E-state index contributed by atoms with van der Waals surface area (Å²) >= 11 is 0. The van der Waals surface area contributed by atoms with Crippen molar-refractivity contribution < 1.29 is 29.6 Å². The Morgan fingerprint density at radius 2 is 1.81 bits per heavy atom. The van der Waals surface area contributed by atoms with Gasteiger partial charge in [-0.25, -0.2) is 0 Å². The Kier molecular flexibility index (Phi) is 8.49. The van der Waals surface area contributed by atoms with Gasteiger partial charge in [-0.2, -0.15) is 0 Å². The summed E-state index contributed by atoms with van der Waals surface area (Å²) in [5.41, 5.74) is 2.35. The van der Waals surface area contributed by atoms with E-state index in [4.69, 9.17) is 4.74 Å². The maximum Gasteiger partial charge on any atom is 0.258 e. The van der Waals surface area contributed by atoms with Crippen LogP contribution in [0.25, 0.3) is 0 Å². The second kappa shape index (κ2) is 10.9. The molecule has 2 aromatic carbocycles. The third-order valence-electron chi connectivity index (χ3n) is 4.73. The number of phenols is 2. The Labute approximate surface area is 185 Å². The summed E-state index contributed by atoms with van der Waals surface area (Å²) in [6.07, 6.45) is -0.120. The standard InChI is InChI=1S/C21H25N3O6.ClH/c1-13(22-11-21(27)16-8-17(25)10-18(26)9-16)7-15-3-5-19(6-4-15)29-12-20-14(2)24(28)30-23-20;/h3-6,8-10,13,21-22,25-27H,7,11-12H2,1-2H3;1H/t13-,21+;/m1./s1. The first kappa shape index (κ1) is 24.3. The summed E-state index contributed by atoms with van der Waals surface area (Å²) in [6.45, 7) is 4.04. The zero-order chi connectivity index (χ0) is 21.7. The molecule has 0 aliphatic heterocycles. The maximum absolute atomic E-state index is 11.2. The highest BCUT2D eigenvalue weighted by Crippen LogP contribution is 2.24. The first-order chi connectivity index (χ1) is 14.3. The maximum atomic E-state index is 11.2. The van der Waals surface area contributed by atoms with Crippen LogP contribution in [0.5, 0.6) is 17.2 Å². The molecule has 0 amide bonds. The number of rotatable bonds is 9. The number of aromatic nitrogens is 2. The van der Waals surface area contributed by atoms with E-state index in [2.05, 4.69) is 15.1 Å². The SMILES string of the molecule is Cc1c(COc2ccc(C[C@@H](C)NC[C@H](O)c3cc(O)cc(O)c3)cc2)no[n+]1[O-].Cl. The summed E-state index contributed by atoms with van der Waals surface area (Å²) in [5, 5.41) is 47.4. The van der Waals surface area contributed by atoms with Crippen molar-refractivity contribution in [1.82, 2.24) is 10.5 Å². The molecule has 0 aliphatic rings. The number of hydrogen-bond acceptors (Lipinski definition) is 8. The highest BCUT2D eigenvalue weighted by molar-refractivity contribution is 5.85. The Morgan fingerprint density at radius 3 is 2.39 bits per heavy atom. The van der Waals surface area contributed by atoms with Gasteiger partial charge in [0.2, 0.25) is 0 Å². The van der Waals surface area contributed by atoms with Crippen LogP contribution in [0.2, 0.25) is 0 Å². The molecule has 0 fully saturated rings. The van der Waals surface area contributed by atoms with Crippen LogP contribution < -0.4 is 15.0 Å². The number of nitrogens with one attached hydrogen (secondary N) is 1. The van der Waals surface area contributed by atoms with Gasteiger partial charge >= 0.3 is 0 Å². The van der Waals surface area contributed by atoms with Crippen molar-refractivity contribution >= 4 is 12.4 Å². The smallest absolute Gasteiger partial charge is 0.258 e. The van der Waals surface area contributed by atoms with Crippen molar-refractivity contribution in [1.29, 1.82) is 0 Å². The Bertz CT molecular complexity index is 959. The Hall–Kier alpha value is -3.01. The number of halogens is 1. The van der Waals surface area contributed by atoms with Crippen LogP contribution in [0, 0.1) is 12.1 Å². The molecule has 31 heavy (non-hydrogen) atoms. The topological polar surface area (TPSA) is 135 Å². The highest BCUT2D eigenvalue weighted by atomic mass is 35.5. The van der Waals surface area contributed by atoms with Gasteiger partial charge in [-0.1, -0.05) is 12.1 Å². The molecule has 1 aromatic heterocycles. The van der Waals surface area contributed by atoms with Gasteiger partial charge < -0.3 is 30.6 Å². The summed E-state index contributed by atoms with van der Waals surface area (Å²) in [6, 6.07) is 11.7. The fourth-order valence-corrected chi connectivity index (χ4v) is 2.99. The van der Waals surface area contributed by atoms with Crippen molar-refractivity contribution in [3.05, 3.63) is 70.2 Å². The number of aliphatic hydroxyl groups excluding tert-OH is 1. The molecule has 0 saturated carbocycles. The first-order valence-electron chi connectivity index (χ1n) is 9.53. The van der Waals surface area contributed by atoms with Gasteiger partial charge in [0.15, 0.2) is 12.3 Å². The zero-order valence-electron chi connectivity index (χ0n) is 17.2. The molecule has 0 bridgehead atoms. The van der Waals surface area contributed by atoms with Crippen LogP contribution in [0.3, 0.4) is 0 Å². The molecule has 4 N–H and O–H groups in total. The molecule has 0 spiro atoms. The van der Waals surface area contributed by atoms with Gasteiger partial charge in [-0.05, 0) is 53.6 Å². The first-order valence-corrected chi connectivity index (χ1v) is 9.53. The Morgan fingerprint density at radius 1 is 1.16 bits per heavy atom. The van der Waals surface area contributed by atoms with Crippen LogP contribution >= 0.6 is 12.4 Å². The van der Waals surface area contributed by atoms with Gasteiger partial charge in [-0.15, -0.1) is 12.4 Å². The van der Waals surface area contributed by atoms with E-state index in [0.29, 0.717) is 27.6 Å². The van der Waals surface area contributed by atoms with Crippen LogP contribution in [-0.2, 0) is 13.0 Å². The third kappa shape index (κ3) is 6.74. The predicted octanol–water partition coefficient (Wildman–Crippen LogP) is 2.28. The van der Waals surface area contributed by atoms with E-state index >= 15 is 0 Å². The number of nitrogens with zero attached hydrogens (tertiary/aromatic N) is 2. The lowest BCUT2D eigenvalue weighted by molar-refractivity contribution is -0.806. The number of benzene rings is 2. The minimum absolute atomic E-state index is 0. The molecule has 168 valence electrons. The lowest BCUT2D eigenvalue weighted by Gasteiger charge is -2.18. The molecular formula is C21H26ClN3O6. The van der Waals surface area contributed by atoms with Gasteiger partial charge in [-0.3, -0.25) is 4.63 Å². The Balaban J connectivity index is 0.00000341. The summed E-state index contributed by atoms with van der Waals surface area (Å²) in [5.74, 6) is 0.467. The molecule has 3 rings (SSSR count). The summed E-state index contributed by atoms with van der Waals surface area (Å²) in [7, 11) is 0. The number of phenolic OH excluding ortho intramolecular Hbond substituents is 2. The van der Waals surface area contributed by atoms with E-state index in [9.17, 15) is 20.5 Å². The van der Waals surface area contributed by atoms with E-state index in [1.54, 1.807) is 6.92 Å². The molecular weight excluding hydrogens is 426 g/mol. The lowest BCUT2D eigenvalue weighted by Crippen LogP contribution is -2.32. The van der Waals surface area contributed by atoms with Gasteiger partial charge in [0.05, 0.1) is 6.10 Å². The number of ether oxygens (including phenoxy) is 1. The van der Waals surface area contributed by atoms with E-state index in [-0.39, 0.29) is 43.1 Å². The number of aliphatic hydroxyl groups is 1. The van der Waals surface area contributed by atoms with Crippen LogP contribution in [-0.4, -0.2) is 33.1 Å². The normalized spacial score (nSPS) is 12.7.